The van der Waals surface area contributed by atoms with Gasteiger partial charge in [0.2, 0.25) is 5.28 Å². The van der Waals surface area contributed by atoms with Crippen molar-refractivity contribution in [2.24, 2.45) is 5.92 Å². The molecular formula is C13H19ClN4O. The number of rotatable bonds is 3. The standard InChI is InChI=1S/C13H19ClN4O/c1-8(2)10-7-17(9(3)4)13(19)18(10)11-5-6-15-12(14)16-11/h5-6,8-10H,7H2,1-4H3/t10-/m1/s1. The number of carbonyl (C=O) groups is 1. The van der Waals surface area contributed by atoms with Gasteiger partial charge in [0.25, 0.3) is 0 Å². The number of halogens is 1. The van der Waals surface area contributed by atoms with Crippen LogP contribution in [0.4, 0.5) is 10.6 Å². The number of hydrogen-bond acceptors (Lipinski definition) is 3. The van der Waals surface area contributed by atoms with E-state index >= 15 is 0 Å². The fraction of sp³-hybridized carbons (Fsp3) is 0.615. The predicted octanol–water partition coefficient (Wildman–Crippen LogP) is 2.81. The Labute approximate surface area is 118 Å². The monoisotopic (exact) mass is 282 g/mol. The molecule has 19 heavy (non-hydrogen) atoms. The normalized spacial score (nSPS) is 19.9. The van der Waals surface area contributed by atoms with Gasteiger partial charge >= 0.3 is 6.03 Å². The molecular weight excluding hydrogens is 264 g/mol. The smallest absolute Gasteiger partial charge is 0.320 e. The predicted molar refractivity (Wildman–Crippen MR) is 75.4 cm³/mol. The Balaban J connectivity index is 2.37. The molecule has 0 unspecified atom stereocenters. The molecule has 6 heteroatoms. The third kappa shape index (κ3) is 2.66. The van der Waals surface area contributed by atoms with Crippen LogP contribution in [0.1, 0.15) is 27.7 Å². The molecule has 1 aromatic heterocycles. The van der Waals surface area contributed by atoms with E-state index < -0.39 is 0 Å². The van der Waals surface area contributed by atoms with E-state index in [1.165, 1.54) is 0 Å². The highest BCUT2D eigenvalue weighted by Gasteiger charge is 2.41. The minimum atomic E-state index is -0.0107. The zero-order chi connectivity index (χ0) is 14.2. The lowest BCUT2D eigenvalue weighted by molar-refractivity contribution is 0.208. The molecule has 1 aliphatic rings. The van der Waals surface area contributed by atoms with Crippen LogP contribution in [-0.4, -0.2) is 39.5 Å². The Kier molecular flexibility index (Phi) is 3.94. The Bertz CT molecular complexity index is 477. The van der Waals surface area contributed by atoms with Crippen molar-refractivity contribution < 1.29 is 4.79 Å². The molecule has 1 atom stereocenters. The summed E-state index contributed by atoms with van der Waals surface area (Å²) in [4.78, 5) is 24.1. The molecule has 2 rings (SSSR count). The van der Waals surface area contributed by atoms with Gasteiger partial charge < -0.3 is 4.90 Å². The first-order valence-corrected chi connectivity index (χ1v) is 6.88. The maximum absolute atomic E-state index is 12.5. The van der Waals surface area contributed by atoms with E-state index in [4.69, 9.17) is 11.6 Å². The molecule has 0 radical (unpaired) electrons. The van der Waals surface area contributed by atoms with Crippen molar-refractivity contribution in [2.45, 2.75) is 39.8 Å². The molecule has 1 aliphatic heterocycles. The summed E-state index contributed by atoms with van der Waals surface area (Å²) in [5.74, 6) is 0.924. The Morgan fingerprint density at radius 3 is 2.58 bits per heavy atom. The lowest BCUT2D eigenvalue weighted by Crippen LogP contribution is -2.39. The van der Waals surface area contributed by atoms with Crippen molar-refractivity contribution in [3.63, 3.8) is 0 Å². The van der Waals surface area contributed by atoms with Crippen LogP contribution in [-0.2, 0) is 0 Å². The quantitative estimate of drug-likeness (QED) is 0.801. The van der Waals surface area contributed by atoms with Crippen LogP contribution in [0.3, 0.4) is 0 Å². The second-order valence-electron chi connectivity index (χ2n) is 5.39. The summed E-state index contributed by atoms with van der Waals surface area (Å²) in [7, 11) is 0. The maximum Gasteiger partial charge on any atom is 0.326 e. The largest absolute Gasteiger partial charge is 0.326 e. The van der Waals surface area contributed by atoms with Gasteiger partial charge in [-0.05, 0) is 37.4 Å². The summed E-state index contributed by atoms with van der Waals surface area (Å²) in [6.45, 7) is 8.97. The summed E-state index contributed by atoms with van der Waals surface area (Å²) in [6, 6.07) is 2.00. The van der Waals surface area contributed by atoms with Gasteiger partial charge in [0.05, 0.1) is 6.04 Å². The van der Waals surface area contributed by atoms with Crippen LogP contribution in [0.2, 0.25) is 5.28 Å². The number of amides is 2. The summed E-state index contributed by atoms with van der Waals surface area (Å²) >= 11 is 5.82. The van der Waals surface area contributed by atoms with Crippen LogP contribution in [0.5, 0.6) is 0 Å². The summed E-state index contributed by atoms with van der Waals surface area (Å²) < 4.78 is 0. The van der Waals surface area contributed by atoms with E-state index in [2.05, 4.69) is 23.8 Å². The van der Waals surface area contributed by atoms with E-state index in [9.17, 15) is 4.79 Å². The molecule has 1 aromatic rings. The van der Waals surface area contributed by atoms with Gasteiger partial charge in [0, 0.05) is 18.8 Å². The number of hydrogen-bond donors (Lipinski definition) is 0. The molecule has 0 spiro atoms. The minimum absolute atomic E-state index is 0.0107. The number of anilines is 1. The van der Waals surface area contributed by atoms with Crippen LogP contribution < -0.4 is 4.90 Å². The van der Waals surface area contributed by atoms with Crippen LogP contribution in [0, 0.1) is 5.92 Å². The fourth-order valence-corrected chi connectivity index (χ4v) is 2.45. The maximum atomic E-state index is 12.5. The highest BCUT2D eigenvalue weighted by molar-refractivity contribution is 6.28. The van der Waals surface area contributed by atoms with Gasteiger partial charge in [-0.2, -0.15) is 0 Å². The molecule has 2 amide bonds. The lowest BCUT2D eigenvalue weighted by atomic mass is 10.0. The van der Waals surface area contributed by atoms with Crippen molar-refractivity contribution in [3.05, 3.63) is 17.5 Å². The van der Waals surface area contributed by atoms with E-state index in [0.717, 1.165) is 6.54 Å². The van der Waals surface area contributed by atoms with Crippen molar-refractivity contribution in [1.29, 1.82) is 0 Å². The van der Waals surface area contributed by atoms with Crippen molar-refractivity contribution in [1.82, 2.24) is 14.9 Å². The minimum Gasteiger partial charge on any atom is -0.320 e. The number of urea groups is 1. The zero-order valence-corrected chi connectivity index (χ0v) is 12.4. The Morgan fingerprint density at radius 2 is 2.05 bits per heavy atom. The van der Waals surface area contributed by atoms with Gasteiger partial charge in [0.1, 0.15) is 5.82 Å². The average molecular weight is 283 g/mol. The van der Waals surface area contributed by atoms with Crippen molar-refractivity contribution >= 4 is 23.4 Å². The van der Waals surface area contributed by atoms with E-state index in [1.807, 2.05) is 18.7 Å². The van der Waals surface area contributed by atoms with Crippen LogP contribution in [0.15, 0.2) is 12.3 Å². The van der Waals surface area contributed by atoms with Crippen LogP contribution in [0.25, 0.3) is 0 Å². The topological polar surface area (TPSA) is 49.3 Å². The van der Waals surface area contributed by atoms with E-state index in [0.29, 0.717) is 11.7 Å². The van der Waals surface area contributed by atoms with E-state index in [-0.39, 0.29) is 23.4 Å². The molecule has 2 heterocycles. The molecule has 0 saturated carbocycles. The molecule has 1 saturated heterocycles. The molecule has 5 nitrogen and oxygen atoms in total. The number of carbonyl (C=O) groups excluding carboxylic acids is 1. The summed E-state index contributed by atoms with van der Waals surface area (Å²) in [5.41, 5.74) is 0. The molecule has 0 bridgehead atoms. The van der Waals surface area contributed by atoms with Gasteiger partial charge in [-0.15, -0.1) is 0 Å². The molecule has 0 aliphatic carbocycles. The van der Waals surface area contributed by atoms with E-state index in [1.54, 1.807) is 17.2 Å². The summed E-state index contributed by atoms with van der Waals surface area (Å²) in [6.07, 6.45) is 1.58. The Morgan fingerprint density at radius 1 is 1.37 bits per heavy atom. The highest BCUT2D eigenvalue weighted by atomic mass is 35.5. The fourth-order valence-electron chi connectivity index (χ4n) is 2.31. The van der Waals surface area contributed by atoms with Gasteiger partial charge in [0.15, 0.2) is 0 Å². The third-order valence-electron chi connectivity index (χ3n) is 3.42. The van der Waals surface area contributed by atoms with Gasteiger partial charge in [-0.1, -0.05) is 13.8 Å². The summed E-state index contributed by atoms with van der Waals surface area (Å²) in [5, 5.41) is 0.163. The lowest BCUT2D eigenvalue weighted by Gasteiger charge is -2.24. The number of nitrogens with zero attached hydrogens (tertiary/aromatic N) is 4. The molecule has 104 valence electrons. The van der Waals surface area contributed by atoms with Gasteiger partial charge in [-0.25, -0.2) is 14.8 Å². The third-order valence-corrected chi connectivity index (χ3v) is 3.60. The van der Waals surface area contributed by atoms with Crippen LogP contribution >= 0.6 is 11.6 Å². The second kappa shape index (κ2) is 5.33. The van der Waals surface area contributed by atoms with Crippen molar-refractivity contribution in [2.75, 3.05) is 11.4 Å². The van der Waals surface area contributed by atoms with Gasteiger partial charge in [-0.3, -0.25) is 4.90 Å². The number of aromatic nitrogens is 2. The first kappa shape index (κ1) is 14.1. The van der Waals surface area contributed by atoms with Crippen molar-refractivity contribution in [3.8, 4) is 0 Å². The molecule has 0 aromatic carbocycles. The second-order valence-corrected chi connectivity index (χ2v) is 5.73. The average Bonchev–Trinajstić information content (AvgIpc) is 2.67. The first-order valence-electron chi connectivity index (χ1n) is 6.50. The SMILES string of the molecule is CC(C)[C@H]1CN(C(C)C)C(=O)N1c1ccnc(Cl)n1. The highest BCUT2D eigenvalue weighted by Crippen LogP contribution is 2.28. The molecule has 1 fully saturated rings. The Hall–Kier alpha value is -1.36. The molecule has 0 N–H and O–H groups in total. The first-order chi connectivity index (χ1) is 8.91. The zero-order valence-electron chi connectivity index (χ0n) is 11.7.